The molecule has 6 heteroatoms. The Morgan fingerprint density at radius 2 is 2.26 bits per heavy atom. The summed E-state index contributed by atoms with van der Waals surface area (Å²) in [6.07, 6.45) is 1.33. The first kappa shape index (κ1) is 13.3. The van der Waals surface area contributed by atoms with Gasteiger partial charge in [-0.25, -0.2) is 14.0 Å². The van der Waals surface area contributed by atoms with Gasteiger partial charge in [-0.1, -0.05) is 6.07 Å². The molecule has 1 aliphatic rings. The Morgan fingerprint density at radius 3 is 2.95 bits per heavy atom. The highest BCUT2D eigenvalue weighted by Crippen LogP contribution is 2.20. The Hall–Kier alpha value is -2.11. The van der Waals surface area contributed by atoms with Crippen LogP contribution in [0.5, 0.6) is 0 Å². The number of likely N-dealkylation sites (tertiary alicyclic amines) is 1. The molecule has 1 atom stereocenters. The summed E-state index contributed by atoms with van der Waals surface area (Å²) in [6.45, 7) is 0.487. The molecule has 1 heterocycles. The largest absolute Gasteiger partial charge is 0.467 e. The van der Waals surface area contributed by atoms with Gasteiger partial charge in [-0.2, -0.15) is 0 Å². The molecule has 19 heavy (non-hydrogen) atoms. The molecule has 2 rings (SSSR count). The zero-order valence-electron chi connectivity index (χ0n) is 10.6. The molecular formula is C13H15FN2O3. The van der Waals surface area contributed by atoms with Crippen molar-refractivity contribution in [1.82, 2.24) is 4.90 Å². The highest BCUT2D eigenvalue weighted by atomic mass is 19.1. The number of methoxy groups -OCH3 is 1. The van der Waals surface area contributed by atoms with E-state index in [0.717, 1.165) is 6.42 Å². The molecule has 1 N–H and O–H groups in total. The van der Waals surface area contributed by atoms with Gasteiger partial charge in [0.2, 0.25) is 0 Å². The minimum Gasteiger partial charge on any atom is -0.467 e. The van der Waals surface area contributed by atoms with Crippen molar-refractivity contribution in [2.45, 2.75) is 18.9 Å². The lowest BCUT2D eigenvalue weighted by molar-refractivity contribution is -0.144. The van der Waals surface area contributed by atoms with Crippen molar-refractivity contribution in [3.8, 4) is 0 Å². The van der Waals surface area contributed by atoms with Gasteiger partial charge < -0.3 is 15.0 Å². The van der Waals surface area contributed by atoms with Gasteiger partial charge in [0.1, 0.15) is 11.9 Å². The average Bonchev–Trinajstić information content (AvgIpc) is 2.87. The number of carbonyl (C=O) groups excluding carboxylic acids is 2. The molecule has 1 saturated heterocycles. The highest BCUT2D eigenvalue weighted by Gasteiger charge is 2.34. The lowest BCUT2D eigenvalue weighted by Gasteiger charge is -2.22. The quantitative estimate of drug-likeness (QED) is 0.833. The van der Waals surface area contributed by atoms with Crippen LogP contribution in [0.1, 0.15) is 12.8 Å². The molecule has 2 amide bonds. The fourth-order valence-corrected chi connectivity index (χ4v) is 2.15. The highest BCUT2D eigenvalue weighted by molar-refractivity contribution is 5.93. The lowest BCUT2D eigenvalue weighted by atomic mass is 10.2. The van der Waals surface area contributed by atoms with Crippen molar-refractivity contribution in [2.75, 3.05) is 19.0 Å². The molecule has 1 aromatic carbocycles. The van der Waals surface area contributed by atoms with Crippen LogP contribution in [0, 0.1) is 5.82 Å². The first-order valence-electron chi connectivity index (χ1n) is 6.03. The van der Waals surface area contributed by atoms with Crippen molar-refractivity contribution in [1.29, 1.82) is 0 Å². The number of hydrogen-bond acceptors (Lipinski definition) is 3. The van der Waals surface area contributed by atoms with Crippen LogP contribution in [0.15, 0.2) is 24.3 Å². The predicted molar refractivity (Wildman–Crippen MR) is 67.2 cm³/mol. The van der Waals surface area contributed by atoms with Crippen LogP contribution >= 0.6 is 0 Å². The van der Waals surface area contributed by atoms with Crippen LogP contribution < -0.4 is 5.32 Å². The number of amides is 2. The molecule has 0 spiro atoms. The molecule has 1 unspecified atom stereocenters. The number of benzene rings is 1. The number of esters is 1. The van der Waals surface area contributed by atoms with E-state index in [1.165, 1.54) is 30.2 Å². The fraction of sp³-hybridized carbons (Fsp3) is 0.385. The van der Waals surface area contributed by atoms with Crippen LogP contribution in [0.3, 0.4) is 0 Å². The van der Waals surface area contributed by atoms with E-state index in [4.69, 9.17) is 0 Å². The Balaban J connectivity index is 2.05. The van der Waals surface area contributed by atoms with Gasteiger partial charge in [0, 0.05) is 12.2 Å². The summed E-state index contributed by atoms with van der Waals surface area (Å²) < 4.78 is 17.7. The Kier molecular flexibility index (Phi) is 3.99. The zero-order chi connectivity index (χ0) is 13.8. The Bertz CT molecular complexity index is 493. The van der Waals surface area contributed by atoms with Gasteiger partial charge in [0.05, 0.1) is 7.11 Å². The minimum atomic E-state index is -0.557. The van der Waals surface area contributed by atoms with E-state index in [9.17, 15) is 14.0 Å². The maximum atomic E-state index is 13.0. The lowest BCUT2D eigenvalue weighted by Crippen LogP contribution is -2.43. The molecule has 0 radical (unpaired) electrons. The smallest absolute Gasteiger partial charge is 0.328 e. The first-order valence-corrected chi connectivity index (χ1v) is 6.03. The van der Waals surface area contributed by atoms with E-state index in [2.05, 4.69) is 10.1 Å². The number of nitrogens with zero attached hydrogens (tertiary/aromatic N) is 1. The average molecular weight is 266 g/mol. The standard InChI is InChI=1S/C13H15FN2O3/c1-19-12(17)11-6-3-7-16(11)13(18)15-10-5-2-4-9(14)8-10/h2,4-5,8,11H,3,6-7H2,1H3,(H,15,18). The van der Waals surface area contributed by atoms with Gasteiger partial charge in [-0.15, -0.1) is 0 Å². The van der Waals surface area contributed by atoms with E-state index < -0.39 is 23.9 Å². The summed E-state index contributed by atoms with van der Waals surface area (Å²) in [6, 6.07) is 4.64. The third-order valence-electron chi connectivity index (χ3n) is 3.06. The van der Waals surface area contributed by atoms with Gasteiger partial charge in [-0.3, -0.25) is 0 Å². The molecule has 1 aromatic rings. The van der Waals surface area contributed by atoms with E-state index >= 15 is 0 Å². The number of ether oxygens (including phenoxy) is 1. The molecule has 102 valence electrons. The van der Waals surface area contributed by atoms with Gasteiger partial charge in [0.25, 0.3) is 0 Å². The van der Waals surface area contributed by atoms with E-state index in [0.29, 0.717) is 18.7 Å². The maximum Gasteiger partial charge on any atom is 0.328 e. The van der Waals surface area contributed by atoms with Crippen LogP contribution in [0.25, 0.3) is 0 Å². The molecule has 0 saturated carbocycles. The van der Waals surface area contributed by atoms with E-state index in [1.54, 1.807) is 6.07 Å². The Morgan fingerprint density at radius 1 is 1.47 bits per heavy atom. The molecule has 1 fully saturated rings. The van der Waals surface area contributed by atoms with Crippen LogP contribution in [-0.2, 0) is 9.53 Å². The van der Waals surface area contributed by atoms with Crippen molar-refractivity contribution in [2.24, 2.45) is 0 Å². The predicted octanol–water partition coefficient (Wildman–Crippen LogP) is 1.99. The number of carbonyl (C=O) groups is 2. The zero-order valence-corrected chi connectivity index (χ0v) is 10.6. The second-order valence-corrected chi connectivity index (χ2v) is 4.32. The summed E-state index contributed by atoms with van der Waals surface area (Å²) in [5.74, 6) is -0.851. The van der Waals surface area contributed by atoms with Crippen molar-refractivity contribution in [3.05, 3.63) is 30.1 Å². The van der Waals surface area contributed by atoms with Gasteiger partial charge >= 0.3 is 12.0 Å². The summed E-state index contributed by atoms with van der Waals surface area (Å²) >= 11 is 0. The van der Waals surface area contributed by atoms with Crippen molar-refractivity contribution < 1.29 is 18.7 Å². The van der Waals surface area contributed by atoms with Crippen molar-refractivity contribution in [3.63, 3.8) is 0 Å². The van der Waals surface area contributed by atoms with Gasteiger partial charge in [-0.05, 0) is 31.0 Å². The second kappa shape index (κ2) is 5.69. The van der Waals surface area contributed by atoms with Crippen LogP contribution in [-0.4, -0.2) is 36.6 Å². The second-order valence-electron chi connectivity index (χ2n) is 4.32. The van der Waals surface area contributed by atoms with E-state index in [-0.39, 0.29) is 0 Å². The van der Waals surface area contributed by atoms with E-state index in [1.807, 2.05) is 0 Å². The maximum absolute atomic E-state index is 13.0. The number of hydrogen-bond donors (Lipinski definition) is 1. The Labute approximate surface area is 110 Å². The third kappa shape index (κ3) is 3.01. The number of nitrogens with one attached hydrogen (secondary N) is 1. The normalized spacial score (nSPS) is 18.2. The third-order valence-corrected chi connectivity index (χ3v) is 3.06. The molecule has 0 aromatic heterocycles. The summed E-state index contributed by atoms with van der Waals surface area (Å²) in [7, 11) is 1.29. The summed E-state index contributed by atoms with van der Waals surface area (Å²) in [5, 5.41) is 2.57. The van der Waals surface area contributed by atoms with Crippen LogP contribution in [0.2, 0.25) is 0 Å². The number of rotatable bonds is 2. The number of halogens is 1. The molecule has 0 bridgehead atoms. The van der Waals surface area contributed by atoms with Gasteiger partial charge in [0.15, 0.2) is 0 Å². The van der Waals surface area contributed by atoms with Crippen molar-refractivity contribution >= 4 is 17.7 Å². The fourth-order valence-electron chi connectivity index (χ4n) is 2.15. The summed E-state index contributed by atoms with van der Waals surface area (Å²) in [4.78, 5) is 25.0. The minimum absolute atomic E-state index is 0.362. The topological polar surface area (TPSA) is 58.6 Å². The number of urea groups is 1. The number of anilines is 1. The molecular weight excluding hydrogens is 251 g/mol. The monoisotopic (exact) mass is 266 g/mol. The molecule has 5 nitrogen and oxygen atoms in total. The molecule has 1 aliphatic heterocycles. The van der Waals surface area contributed by atoms with Crippen LogP contribution in [0.4, 0.5) is 14.9 Å². The first-order chi connectivity index (χ1) is 9.11. The summed E-state index contributed by atoms with van der Waals surface area (Å²) in [5.41, 5.74) is 0.362. The molecule has 0 aliphatic carbocycles. The SMILES string of the molecule is COC(=O)C1CCCN1C(=O)Nc1cccc(F)c1.